The molecule has 4 rings (SSSR count). The van der Waals surface area contributed by atoms with Crippen LogP contribution in [-0.2, 0) is 14.3 Å². The maximum absolute atomic E-state index is 12.0. The lowest BCUT2D eigenvalue weighted by Gasteiger charge is -2.58. The molecule has 1 N–H and O–H groups in total. The number of ether oxygens (including phenoxy) is 1. The predicted octanol–water partition coefficient (Wildman–Crippen LogP) is 1.83. The van der Waals surface area contributed by atoms with E-state index in [0.717, 1.165) is 32.1 Å². The van der Waals surface area contributed by atoms with Gasteiger partial charge in [-0.1, -0.05) is 0 Å². The average molecular weight is 238 g/mol. The number of carbonyl (C=O) groups excluding carboxylic acids is 1. The molecular weight excluding hydrogens is 220 g/mol. The van der Waals surface area contributed by atoms with Crippen LogP contribution in [0.25, 0.3) is 0 Å². The van der Waals surface area contributed by atoms with Crippen molar-refractivity contribution in [2.75, 3.05) is 7.11 Å². The van der Waals surface area contributed by atoms with E-state index in [1.807, 2.05) is 0 Å². The summed E-state index contributed by atoms with van der Waals surface area (Å²) >= 11 is 0. The first kappa shape index (κ1) is 11.1. The Labute approximate surface area is 100 Å². The van der Waals surface area contributed by atoms with E-state index in [9.17, 15) is 14.7 Å². The maximum atomic E-state index is 12.0. The molecule has 0 saturated heterocycles. The highest BCUT2D eigenvalue weighted by atomic mass is 16.5. The minimum Gasteiger partial charge on any atom is -0.481 e. The first-order valence-electron chi connectivity index (χ1n) is 6.32. The van der Waals surface area contributed by atoms with Crippen LogP contribution in [-0.4, -0.2) is 24.2 Å². The topological polar surface area (TPSA) is 63.6 Å². The first-order valence-corrected chi connectivity index (χ1v) is 6.32. The van der Waals surface area contributed by atoms with Crippen LogP contribution in [0.4, 0.5) is 0 Å². The minimum absolute atomic E-state index is 0.183. The lowest BCUT2D eigenvalue weighted by atomic mass is 9.44. The quantitative estimate of drug-likeness (QED) is 0.745. The summed E-state index contributed by atoms with van der Waals surface area (Å²) in [6.45, 7) is 0. The second kappa shape index (κ2) is 3.24. The molecule has 4 aliphatic rings. The van der Waals surface area contributed by atoms with Crippen molar-refractivity contribution >= 4 is 11.9 Å². The smallest absolute Gasteiger partial charge is 0.311 e. The standard InChI is InChI=1S/C13H18O4/c1-17-11(16)13-5-8-2-9(6-13)4-12(3-8,7-13)10(14)15/h8-9H,2-7H2,1H3,(H,14,15)/t8-,9-,12?,13?/m1/s1. The van der Waals surface area contributed by atoms with Crippen LogP contribution in [0.2, 0.25) is 0 Å². The molecule has 94 valence electrons. The van der Waals surface area contributed by atoms with E-state index in [4.69, 9.17) is 4.74 Å². The van der Waals surface area contributed by atoms with Crippen molar-refractivity contribution in [2.24, 2.45) is 22.7 Å². The molecule has 4 nitrogen and oxygen atoms in total. The fourth-order valence-electron chi connectivity index (χ4n) is 4.97. The zero-order chi connectivity index (χ0) is 12.3. The largest absolute Gasteiger partial charge is 0.481 e. The molecule has 4 heteroatoms. The summed E-state index contributed by atoms with van der Waals surface area (Å²) in [5.41, 5.74) is -1.13. The van der Waals surface area contributed by atoms with Crippen LogP contribution < -0.4 is 0 Å². The Morgan fingerprint density at radius 1 is 1.12 bits per heavy atom. The third kappa shape index (κ3) is 1.36. The minimum atomic E-state index is -0.708. The van der Waals surface area contributed by atoms with Crippen LogP contribution in [0.1, 0.15) is 38.5 Å². The molecule has 0 aromatic rings. The van der Waals surface area contributed by atoms with Gasteiger partial charge in [0.05, 0.1) is 17.9 Å². The molecule has 2 atom stereocenters. The van der Waals surface area contributed by atoms with Crippen molar-refractivity contribution in [3.8, 4) is 0 Å². The second-order valence-electron chi connectivity index (χ2n) is 6.32. The Balaban J connectivity index is 2.00. The summed E-state index contributed by atoms with van der Waals surface area (Å²) in [7, 11) is 1.41. The van der Waals surface area contributed by atoms with E-state index in [2.05, 4.69) is 0 Å². The number of hydrogen-bond acceptors (Lipinski definition) is 3. The van der Waals surface area contributed by atoms with Crippen molar-refractivity contribution in [3.63, 3.8) is 0 Å². The molecule has 4 fully saturated rings. The molecule has 0 heterocycles. The summed E-state index contributed by atoms with van der Waals surface area (Å²) in [6.07, 6.45) is 4.80. The molecule has 4 bridgehead atoms. The SMILES string of the molecule is COC(=O)C12C[C@@H]3C[C@H](CC(C(=O)O)(C3)C1)C2. The Morgan fingerprint density at radius 3 is 2.12 bits per heavy atom. The lowest BCUT2D eigenvalue weighted by Crippen LogP contribution is -2.57. The van der Waals surface area contributed by atoms with E-state index in [1.54, 1.807) is 0 Å². The highest BCUT2D eigenvalue weighted by molar-refractivity contribution is 5.82. The number of carboxylic acid groups (broad SMARTS) is 1. The Bertz CT molecular complexity index is 373. The van der Waals surface area contributed by atoms with Crippen molar-refractivity contribution in [1.82, 2.24) is 0 Å². The number of methoxy groups -OCH3 is 1. The number of hydrogen-bond donors (Lipinski definition) is 1. The number of rotatable bonds is 2. The van der Waals surface area contributed by atoms with Crippen molar-refractivity contribution < 1.29 is 19.4 Å². The zero-order valence-corrected chi connectivity index (χ0v) is 10.1. The lowest BCUT2D eigenvalue weighted by molar-refractivity contribution is -0.189. The molecule has 0 aromatic carbocycles. The summed E-state index contributed by atoms with van der Waals surface area (Å²) in [6, 6.07) is 0. The fourth-order valence-corrected chi connectivity index (χ4v) is 4.97. The molecule has 4 saturated carbocycles. The van der Waals surface area contributed by atoms with E-state index >= 15 is 0 Å². The van der Waals surface area contributed by atoms with Gasteiger partial charge in [0.1, 0.15) is 0 Å². The highest BCUT2D eigenvalue weighted by Crippen LogP contribution is 2.65. The fraction of sp³-hybridized carbons (Fsp3) is 0.846. The summed E-state index contributed by atoms with van der Waals surface area (Å²) in [4.78, 5) is 23.6. The Hall–Kier alpha value is -1.06. The van der Waals surface area contributed by atoms with Crippen molar-refractivity contribution in [3.05, 3.63) is 0 Å². The molecule has 17 heavy (non-hydrogen) atoms. The predicted molar refractivity (Wildman–Crippen MR) is 59.2 cm³/mol. The van der Waals surface area contributed by atoms with Crippen LogP contribution in [0.15, 0.2) is 0 Å². The monoisotopic (exact) mass is 238 g/mol. The number of esters is 1. The van der Waals surface area contributed by atoms with Gasteiger partial charge in [0.25, 0.3) is 0 Å². The highest BCUT2D eigenvalue weighted by Gasteiger charge is 2.63. The molecule has 4 aliphatic carbocycles. The molecule has 0 radical (unpaired) electrons. The second-order valence-corrected chi connectivity index (χ2v) is 6.32. The van der Waals surface area contributed by atoms with Gasteiger partial charge in [-0.05, 0) is 50.4 Å². The maximum Gasteiger partial charge on any atom is 0.311 e. The third-order valence-corrected chi connectivity index (χ3v) is 5.13. The van der Waals surface area contributed by atoms with E-state index in [0.29, 0.717) is 18.3 Å². The van der Waals surface area contributed by atoms with E-state index < -0.39 is 16.8 Å². The number of carbonyl (C=O) groups is 2. The van der Waals surface area contributed by atoms with Gasteiger partial charge in [0.15, 0.2) is 0 Å². The molecule has 0 aliphatic heterocycles. The summed E-state index contributed by atoms with van der Waals surface area (Å²) < 4.78 is 4.93. The van der Waals surface area contributed by atoms with Gasteiger partial charge in [-0.3, -0.25) is 9.59 Å². The Morgan fingerprint density at radius 2 is 1.65 bits per heavy atom. The van der Waals surface area contributed by atoms with Gasteiger partial charge < -0.3 is 9.84 Å². The van der Waals surface area contributed by atoms with Crippen LogP contribution in [0, 0.1) is 22.7 Å². The van der Waals surface area contributed by atoms with Gasteiger partial charge in [-0.2, -0.15) is 0 Å². The Kier molecular flexibility index (Phi) is 2.11. The molecule has 0 spiro atoms. The molecule has 0 aromatic heterocycles. The zero-order valence-electron chi connectivity index (χ0n) is 10.1. The van der Waals surface area contributed by atoms with Crippen molar-refractivity contribution in [2.45, 2.75) is 38.5 Å². The van der Waals surface area contributed by atoms with Gasteiger partial charge in [0, 0.05) is 0 Å². The summed E-state index contributed by atoms with van der Waals surface area (Å²) in [5.74, 6) is -0.0741. The van der Waals surface area contributed by atoms with Gasteiger partial charge in [-0.15, -0.1) is 0 Å². The normalized spacial score (nSPS) is 46.9. The average Bonchev–Trinajstić information content (AvgIpc) is 2.26. The third-order valence-electron chi connectivity index (χ3n) is 5.13. The van der Waals surface area contributed by atoms with Crippen molar-refractivity contribution in [1.29, 1.82) is 0 Å². The molecular formula is C13H18O4. The van der Waals surface area contributed by atoms with E-state index in [-0.39, 0.29) is 5.97 Å². The molecule has 0 amide bonds. The van der Waals surface area contributed by atoms with E-state index in [1.165, 1.54) is 7.11 Å². The molecule has 0 unspecified atom stereocenters. The van der Waals surface area contributed by atoms with Gasteiger partial charge in [0.2, 0.25) is 0 Å². The van der Waals surface area contributed by atoms with Gasteiger partial charge in [-0.25, -0.2) is 0 Å². The summed E-state index contributed by atoms with van der Waals surface area (Å²) in [5, 5.41) is 9.50. The number of carboxylic acids is 1. The van der Waals surface area contributed by atoms with Gasteiger partial charge >= 0.3 is 11.9 Å². The van der Waals surface area contributed by atoms with Crippen LogP contribution in [0.3, 0.4) is 0 Å². The first-order chi connectivity index (χ1) is 8.00. The van der Waals surface area contributed by atoms with Crippen LogP contribution in [0.5, 0.6) is 0 Å². The number of aliphatic carboxylic acids is 1. The van der Waals surface area contributed by atoms with Crippen LogP contribution >= 0.6 is 0 Å².